The van der Waals surface area contributed by atoms with Gasteiger partial charge in [0, 0.05) is 30.7 Å². The molecular formula is C29H35F3N2O3. The summed E-state index contributed by atoms with van der Waals surface area (Å²) in [6, 6.07) is 11.1. The lowest BCUT2D eigenvalue weighted by Gasteiger charge is -2.34. The van der Waals surface area contributed by atoms with E-state index >= 15 is 0 Å². The van der Waals surface area contributed by atoms with E-state index in [0.29, 0.717) is 37.4 Å². The zero-order valence-electron chi connectivity index (χ0n) is 21.4. The number of benzene rings is 2. The van der Waals surface area contributed by atoms with E-state index in [1.54, 1.807) is 0 Å². The van der Waals surface area contributed by atoms with Crippen LogP contribution in [0.5, 0.6) is 0 Å². The Morgan fingerprint density at radius 3 is 2.38 bits per heavy atom. The smallest absolute Gasteiger partial charge is 0.416 e. The molecule has 1 N–H and O–H groups in total. The molecule has 4 rings (SSSR count). The number of esters is 1. The van der Waals surface area contributed by atoms with Crippen LogP contribution in [0.25, 0.3) is 0 Å². The number of carbonyl (C=O) groups excluding carboxylic acids is 2. The van der Waals surface area contributed by atoms with Gasteiger partial charge in [-0.05, 0) is 87.3 Å². The summed E-state index contributed by atoms with van der Waals surface area (Å²) in [5.74, 6) is 0.0283. The van der Waals surface area contributed by atoms with Gasteiger partial charge < -0.3 is 15.0 Å². The van der Waals surface area contributed by atoms with Crippen molar-refractivity contribution < 1.29 is 27.5 Å². The first-order valence-corrected chi connectivity index (χ1v) is 13.1. The van der Waals surface area contributed by atoms with Crippen molar-refractivity contribution in [2.45, 2.75) is 64.1 Å². The number of amides is 1. The van der Waals surface area contributed by atoms with Gasteiger partial charge in [0.1, 0.15) is 0 Å². The second-order valence-corrected chi connectivity index (χ2v) is 10.3. The van der Waals surface area contributed by atoms with E-state index < -0.39 is 11.7 Å². The Hall–Kier alpha value is -3.03. The molecule has 1 unspecified atom stereocenters. The molecule has 37 heavy (non-hydrogen) atoms. The number of methoxy groups -OCH3 is 1. The standard InChI is InChI=1S/C29H35F3N2O3/c1-19-6-13-25(28(36)37-2)22(18-19)8-7-20-4-3-5-26(20)33-27(35)21-14-16-34(17-15-21)24-11-9-23(10-12-24)29(30,31)32/h6,9-13,18,20-21,26H,3-5,7-8,14-17H2,1-2H3,(H,33,35)/t20?,26-/m0/s1. The Kier molecular flexibility index (Phi) is 8.45. The zero-order chi connectivity index (χ0) is 26.6. The first kappa shape index (κ1) is 27.0. The van der Waals surface area contributed by atoms with Gasteiger partial charge in [0.05, 0.1) is 18.2 Å². The van der Waals surface area contributed by atoms with Crippen molar-refractivity contribution in [1.29, 1.82) is 0 Å². The van der Waals surface area contributed by atoms with Crippen molar-refractivity contribution >= 4 is 17.6 Å². The predicted molar refractivity (Wildman–Crippen MR) is 136 cm³/mol. The summed E-state index contributed by atoms with van der Waals surface area (Å²) in [5, 5.41) is 3.30. The van der Waals surface area contributed by atoms with Crippen molar-refractivity contribution in [1.82, 2.24) is 5.32 Å². The van der Waals surface area contributed by atoms with Crippen LogP contribution in [0.15, 0.2) is 42.5 Å². The molecule has 2 aromatic rings. The minimum Gasteiger partial charge on any atom is -0.465 e. The number of aryl methyl sites for hydroxylation is 2. The second kappa shape index (κ2) is 11.6. The van der Waals surface area contributed by atoms with Crippen molar-refractivity contribution in [2.75, 3.05) is 25.1 Å². The summed E-state index contributed by atoms with van der Waals surface area (Å²) < 4.78 is 43.4. The van der Waals surface area contributed by atoms with Crippen molar-refractivity contribution in [2.24, 2.45) is 11.8 Å². The molecule has 1 saturated carbocycles. The van der Waals surface area contributed by atoms with Crippen LogP contribution in [-0.4, -0.2) is 38.1 Å². The molecule has 0 radical (unpaired) electrons. The van der Waals surface area contributed by atoms with Gasteiger partial charge in [-0.15, -0.1) is 0 Å². The molecule has 1 heterocycles. The second-order valence-electron chi connectivity index (χ2n) is 10.3. The molecule has 1 saturated heterocycles. The van der Waals surface area contributed by atoms with Gasteiger partial charge in [-0.1, -0.05) is 24.1 Å². The third-order valence-electron chi connectivity index (χ3n) is 7.86. The van der Waals surface area contributed by atoms with Crippen LogP contribution in [0.4, 0.5) is 18.9 Å². The van der Waals surface area contributed by atoms with Gasteiger partial charge in [-0.3, -0.25) is 4.79 Å². The van der Waals surface area contributed by atoms with Crippen LogP contribution in [0.1, 0.15) is 65.6 Å². The minimum absolute atomic E-state index is 0.0785. The topological polar surface area (TPSA) is 58.6 Å². The van der Waals surface area contributed by atoms with E-state index in [9.17, 15) is 22.8 Å². The SMILES string of the molecule is COC(=O)c1ccc(C)cc1CCC1CCC[C@@H]1NC(=O)C1CCN(c2ccc(C(F)(F)F)cc2)CC1. The third-order valence-corrected chi connectivity index (χ3v) is 7.86. The van der Waals surface area contributed by atoms with Crippen molar-refractivity contribution in [3.8, 4) is 0 Å². The molecule has 8 heteroatoms. The molecule has 0 bridgehead atoms. The molecule has 5 nitrogen and oxygen atoms in total. The molecule has 0 aromatic heterocycles. The lowest BCUT2D eigenvalue weighted by atomic mass is 9.91. The van der Waals surface area contributed by atoms with Crippen LogP contribution in [-0.2, 0) is 22.1 Å². The number of halogens is 3. The zero-order valence-corrected chi connectivity index (χ0v) is 21.4. The number of hydrogen-bond donors (Lipinski definition) is 1. The maximum Gasteiger partial charge on any atom is 0.416 e. The highest BCUT2D eigenvalue weighted by Gasteiger charge is 2.33. The molecular weight excluding hydrogens is 481 g/mol. The number of hydrogen-bond acceptors (Lipinski definition) is 4. The van der Waals surface area contributed by atoms with Crippen molar-refractivity contribution in [3.63, 3.8) is 0 Å². The Morgan fingerprint density at radius 2 is 1.73 bits per heavy atom. The normalized spacial score (nSPS) is 20.6. The van der Waals surface area contributed by atoms with Crippen LogP contribution in [0, 0.1) is 18.8 Å². The maximum absolute atomic E-state index is 13.1. The third kappa shape index (κ3) is 6.65. The number of ether oxygens (including phenoxy) is 1. The first-order chi connectivity index (χ1) is 17.7. The Labute approximate surface area is 216 Å². The summed E-state index contributed by atoms with van der Waals surface area (Å²) in [6.07, 6.45) is 1.74. The summed E-state index contributed by atoms with van der Waals surface area (Å²) in [6.45, 7) is 3.29. The first-order valence-electron chi connectivity index (χ1n) is 13.1. The molecule has 2 aliphatic rings. The summed E-state index contributed by atoms with van der Waals surface area (Å²) in [5.41, 5.74) is 2.79. The lowest BCUT2D eigenvalue weighted by Crippen LogP contribution is -2.45. The predicted octanol–water partition coefficient (Wildman–Crippen LogP) is 5.93. The van der Waals surface area contributed by atoms with Gasteiger partial charge in [-0.2, -0.15) is 13.2 Å². The van der Waals surface area contributed by atoms with Crippen molar-refractivity contribution in [3.05, 3.63) is 64.7 Å². The molecule has 1 aliphatic heterocycles. The van der Waals surface area contributed by atoms with Gasteiger partial charge in [0.15, 0.2) is 0 Å². The molecule has 1 aliphatic carbocycles. The van der Waals surface area contributed by atoms with Crippen LogP contribution < -0.4 is 10.2 Å². The molecule has 1 amide bonds. The summed E-state index contributed by atoms with van der Waals surface area (Å²) in [7, 11) is 1.39. The highest BCUT2D eigenvalue weighted by atomic mass is 19.4. The fourth-order valence-electron chi connectivity index (χ4n) is 5.71. The van der Waals surface area contributed by atoms with E-state index in [-0.39, 0.29) is 23.8 Å². The fraction of sp³-hybridized carbons (Fsp3) is 0.517. The highest BCUT2D eigenvalue weighted by molar-refractivity contribution is 5.91. The number of nitrogens with one attached hydrogen (secondary N) is 1. The van der Waals surface area contributed by atoms with E-state index in [2.05, 4.69) is 5.32 Å². The fourth-order valence-corrected chi connectivity index (χ4v) is 5.71. The van der Waals surface area contributed by atoms with Gasteiger partial charge in [-0.25, -0.2) is 4.79 Å². The quantitative estimate of drug-likeness (QED) is 0.463. The number of piperidine rings is 1. The number of carbonyl (C=O) groups is 2. The average molecular weight is 517 g/mol. The van der Waals surface area contributed by atoms with Crippen LogP contribution >= 0.6 is 0 Å². The monoisotopic (exact) mass is 516 g/mol. The molecule has 2 aromatic carbocycles. The van der Waals surface area contributed by atoms with E-state index in [1.807, 2.05) is 30.0 Å². The maximum atomic E-state index is 13.1. The Morgan fingerprint density at radius 1 is 1.03 bits per heavy atom. The Bertz CT molecular complexity index is 1090. The minimum atomic E-state index is -4.34. The van der Waals surface area contributed by atoms with Gasteiger partial charge >= 0.3 is 12.1 Å². The lowest BCUT2D eigenvalue weighted by molar-refractivity contribution is -0.137. The summed E-state index contributed by atoms with van der Waals surface area (Å²) >= 11 is 0. The van der Waals surface area contributed by atoms with Crippen LogP contribution in [0.2, 0.25) is 0 Å². The van der Waals surface area contributed by atoms with E-state index in [1.165, 1.54) is 19.2 Å². The highest BCUT2D eigenvalue weighted by Crippen LogP contribution is 2.33. The van der Waals surface area contributed by atoms with Gasteiger partial charge in [0.2, 0.25) is 5.91 Å². The number of nitrogens with zero attached hydrogens (tertiary/aromatic N) is 1. The number of alkyl halides is 3. The average Bonchev–Trinajstić information content (AvgIpc) is 3.33. The number of rotatable bonds is 7. The molecule has 200 valence electrons. The summed E-state index contributed by atoms with van der Waals surface area (Å²) in [4.78, 5) is 27.3. The molecule has 2 atom stereocenters. The molecule has 2 fully saturated rings. The van der Waals surface area contributed by atoms with E-state index in [0.717, 1.165) is 61.1 Å². The van der Waals surface area contributed by atoms with Gasteiger partial charge in [0.25, 0.3) is 0 Å². The number of anilines is 1. The Balaban J connectivity index is 1.29. The van der Waals surface area contributed by atoms with E-state index in [4.69, 9.17) is 4.74 Å². The molecule has 0 spiro atoms. The largest absolute Gasteiger partial charge is 0.465 e. The van der Waals surface area contributed by atoms with Crippen LogP contribution in [0.3, 0.4) is 0 Å².